The zero-order chi connectivity index (χ0) is 19.3. The molecule has 27 heavy (non-hydrogen) atoms. The summed E-state index contributed by atoms with van der Waals surface area (Å²) in [4.78, 5) is 0.0594. The average molecular weight is 383 g/mol. The van der Waals surface area contributed by atoms with Gasteiger partial charge in [-0.3, -0.25) is 4.31 Å². The molecule has 3 aromatic rings. The molecule has 0 unspecified atom stereocenters. The van der Waals surface area contributed by atoms with Gasteiger partial charge in [0.1, 0.15) is 16.4 Å². The third kappa shape index (κ3) is 4.06. The minimum atomic E-state index is -3.90. The van der Waals surface area contributed by atoms with Crippen LogP contribution in [0, 0.1) is 0 Å². The van der Waals surface area contributed by atoms with Gasteiger partial charge in [0.25, 0.3) is 10.0 Å². The maximum absolute atomic E-state index is 13.6. The number of sulfonamides is 1. The van der Waals surface area contributed by atoms with Crippen molar-refractivity contribution in [3.63, 3.8) is 0 Å². The van der Waals surface area contributed by atoms with Crippen LogP contribution in [0.25, 0.3) is 0 Å². The Hall–Kier alpha value is -2.99. The van der Waals surface area contributed by atoms with Crippen LogP contribution >= 0.6 is 0 Å². The molecule has 0 aliphatic heterocycles. The van der Waals surface area contributed by atoms with Gasteiger partial charge >= 0.3 is 0 Å². The first kappa shape index (κ1) is 18.8. The van der Waals surface area contributed by atoms with Crippen LogP contribution in [0.1, 0.15) is 5.56 Å². The molecule has 140 valence electrons. The fourth-order valence-electron chi connectivity index (χ4n) is 2.76. The summed E-state index contributed by atoms with van der Waals surface area (Å²) in [5.74, 6) is 0.715. The summed E-state index contributed by atoms with van der Waals surface area (Å²) < 4.78 is 39.0. The van der Waals surface area contributed by atoms with Gasteiger partial charge in [-0.1, -0.05) is 48.5 Å². The lowest BCUT2D eigenvalue weighted by atomic mass is 10.2. The lowest BCUT2D eigenvalue weighted by Crippen LogP contribution is -2.30. The van der Waals surface area contributed by atoms with E-state index in [1.165, 1.54) is 24.6 Å². The highest BCUT2D eigenvalue weighted by Gasteiger charge is 2.29. The van der Waals surface area contributed by atoms with Crippen molar-refractivity contribution in [3.05, 3.63) is 84.4 Å². The summed E-state index contributed by atoms with van der Waals surface area (Å²) in [6.45, 7) is 0.202. The van der Waals surface area contributed by atoms with Crippen LogP contribution < -0.4 is 13.8 Å². The van der Waals surface area contributed by atoms with Gasteiger partial charge in [0.15, 0.2) is 0 Å². The largest absolute Gasteiger partial charge is 0.497 e. The molecule has 0 saturated heterocycles. The predicted molar refractivity (Wildman–Crippen MR) is 106 cm³/mol. The monoisotopic (exact) mass is 383 g/mol. The van der Waals surface area contributed by atoms with E-state index in [1.54, 1.807) is 24.3 Å². The molecule has 0 atom stereocenters. The Morgan fingerprint density at radius 3 is 2.04 bits per heavy atom. The van der Waals surface area contributed by atoms with E-state index in [4.69, 9.17) is 9.47 Å². The molecular formula is C21H21NO4S. The number of para-hydroxylation sites is 1. The molecule has 0 saturated carbocycles. The van der Waals surface area contributed by atoms with Crippen LogP contribution in [0.4, 0.5) is 5.69 Å². The van der Waals surface area contributed by atoms with Gasteiger partial charge in [-0.25, -0.2) is 8.42 Å². The number of benzene rings is 3. The molecule has 0 aliphatic rings. The molecule has 0 fully saturated rings. The topological polar surface area (TPSA) is 55.8 Å². The van der Waals surface area contributed by atoms with E-state index in [0.717, 1.165) is 5.56 Å². The van der Waals surface area contributed by atoms with Gasteiger partial charge in [0.05, 0.1) is 26.5 Å². The number of methoxy groups -OCH3 is 2. The second-order valence-corrected chi connectivity index (χ2v) is 7.68. The Morgan fingerprint density at radius 1 is 0.815 bits per heavy atom. The van der Waals surface area contributed by atoms with Crippen molar-refractivity contribution < 1.29 is 17.9 Å². The molecular weight excluding hydrogens is 362 g/mol. The Labute approximate surface area is 159 Å². The standard InChI is InChI=1S/C21H21NO4S/c1-25-19-13-14-20(26-2)21(15-19)27(23,24)22(18-11-7-4-8-12-18)16-17-9-5-3-6-10-17/h3-15H,16H2,1-2H3. The second-order valence-electron chi connectivity index (χ2n) is 5.85. The average Bonchev–Trinajstić information content (AvgIpc) is 2.72. The first-order valence-corrected chi connectivity index (χ1v) is 9.84. The van der Waals surface area contributed by atoms with E-state index >= 15 is 0 Å². The molecule has 5 nitrogen and oxygen atoms in total. The van der Waals surface area contributed by atoms with Crippen LogP contribution in [0.3, 0.4) is 0 Å². The fraction of sp³-hybridized carbons (Fsp3) is 0.143. The van der Waals surface area contributed by atoms with E-state index in [1.807, 2.05) is 48.5 Å². The van der Waals surface area contributed by atoms with E-state index < -0.39 is 10.0 Å². The van der Waals surface area contributed by atoms with Gasteiger partial charge in [0.2, 0.25) is 0 Å². The summed E-state index contributed by atoms with van der Waals surface area (Å²) in [5, 5.41) is 0. The quantitative estimate of drug-likeness (QED) is 0.616. The summed E-state index contributed by atoms with van der Waals surface area (Å²) in [7, 11) is -0.953. The lowest BCUT2D eigenvalue weighted by molar-refractivity contribution is 0.392. The van der Waals surface area contributed by atoms with Crippen molar-refractivity contribution in [3.8, 4) is 11.5 Å². The molecule has 0 aromatic heterocycles. The number of hydrogen-bond acceptors (Lipinski definition) is 4. The van der Waals surface area contributed by atoms with Crippen molar-refractivity contribution in [1.29, 1.82) is 0 Å². The zero-order valence-electron chi connectivity index (χ0n) is 15.2. The summed E-state index contributed by atoms with van der Waals surface area (Å²) in [6.07, 6.45) is 0. The molecule has 0 N–H and O–H groups in total. The number of rotatable bonds is 7. The first-order chi connectivity index (χ1) is 13.1. The van der Waals surface area contributed by atoms with Gasteiger partial charge in [-0.15, -0.1) is 0 Å². The Balaban J connectivity index is 2.13. The van der Waals surface area contributed by atoms with Crippen LogP contribution in [-0.4, -0.2) is 22.6 Å². The van der Waals surface area contributed by atoms with Gasteiger partial charge in [-0.05, 0) is 29.8 Å². The maximum atomic E-state index is 13.6. The van der Waals surface area contributed by atoms with Crippen molar-refractivity contribution in [2.45, 2.75) is 11.4 Å². The van der Waals surface area contributed by atoms with E-state index in [-0.39, 0.29) is 17.2 Å². The van der Waals surface area contributed by atoms with E-state index in [0.29, 0.717) is 11.4 Å². The van der Waals surface area contributed by atoms with E-state index in [9.17, 15) is 8.42 Å². The van der Waals surface area contributed by atoms with Gasteiger partial charge in [0, 0.05) is 6.07 Å². The second kappa shape index (κ2) is 8.14. The van der Waals surface area contributed by atoms with Gasteiger partial charge < -0.3 is 9.47 Å². The SMILES string of the molecule is COc1ccc(OC)c(S(=O)(=O)N(Cc2ccccc2)c2ccccc2)c1. The molecule has 0 radical (unpaired) electrons. The Kier molecular flexibility index (Phi) is 5.66. The third-order valence-corrected chi connectivity index (χ3v) is 5.95. The normalized spacial score (nSPS) is 11.0. The molecule has 0 heterocycles. The highest BCUT2D eigenvalue weighted by atomic mass is 32.2. The van der Waals surface area contributed by atoms with Crippen LogP contribution in [-0.2, 0) is 16.6 Å². The molecule has 0 aliphatic carbocycles. The Morgan fingerprint density at radius 2 is 1.44 bits per heavy atom. The maximum Gasteiger partial charge on any atom is 0.268 e. The molecule has 0 spiro atoms. The molecule has 6 heteroatoms. The summed E-state index contributed by atoms with van der Waals surface area (Å²) in [5.41, 5.74) is 1.46. The molecule has 0 amide bonds. The van der Waals surface area contributed by atoms with Crippen LogP contribution in [0.2, 0.25) is 0 Å². The lowest BCUT2D eigenvalue weighted by Gasteiger charge is -2.25. The van der Waals surface area contributed by atoms with Crippen molar-refractivity contribution >= 4 is 15.7 Å². The smallest absolute Gasteiger partial charge is 0.268 e. The highest BCUT2D eigenvalue weighted by Crippen LogP contribution is 2.33. The number of anilines is 1. The summed E-state index contributed by atoms with van der Waals surface area (Å²) in [6, 6.07) is 23.2. The van der Waals surface area contributed by atoms with Crippen molar-refractivity contribution in [2.24, 2.45) is 0 Å². The van der Waals surface area contributed by atoms with E-state index in [2.05, 4.69) is 0 Å². The van der Waals surface area contributed by atoms with Crippen LogP contribution in [0.5, 0.6) is 11.5 Å². The Bertz CT molecular complexity index is 989. The van der Waals surface area contributed by atoms with Gasteiger partial charge in [-0.2, -0.15) is 0 Å². The molecule has 3 rings (SSSR count). The number of ether oxygens (including phenoxy) is 2. The minimum absolute atomic E-state index is 0.0594. The summed E-state index contributed by atoms with van der Waals surface area (Å²) >= 11 is 0. The fourth-order valence-corrected chi connectivity index (χ4v) is 4.39. The first-order valence-electron chi connectivity index (χ1n) is 8.40. The highest BCUT2D eigenvalue weighted by molar-refractivity contribution is 7.93. The zero-order valence-corrected chi connectivity index (χ0v) is 16.0. The number of hydrogen-bond donors (Lipinski definition) is 0. The predicted octanol–water partition coefficient (Wildman–Crippen LogP) is 4.10. The van der Waals surface area contributed by atoms with Crippen molar-refractivity contribution in [1.82, 2.24) is 0 Å². The molecule has 0 bridgehead atoms. The third-order valence-electron chi connectivity index (χ3n) is 4.15. The van der Waals surface area contributed by atoms with Crippen molar-refractivity contribution in [2.75, 3.05) is 18.5 Å². The molecule has 3 aromatic carbocycles. The number of nitrogens with zero attached hydrogens (tertiary/aromatic N) is 1. The van der Waals surface area contributed by atoms with Crippen LogP contribution in [0.15, 0.2) is 83.8 Å². The minimum Gasteiger partial charge on any atom is -0.497 e.